The lowest BCUT2D eigenvalue weighted by Gasteiger charge is -2.09. The Kier molecular flexibility index (Phi) is 3.71. The third-order valence-corrected chi connectivity index (χ3v) is 3.06. The minimum Gasteiger partial charge on any atom is -0.455 e. The van der Waals surface area contributed by atoms with Gasteiger partial charge < -0.3 is 16.2 Å². The van der Waals surface area contributed by atoms with Crippen molar-refractivity contribution in [3.8, 4) is 11.5 Å². The van der Waals surface area contributed by atoms with Gasteiger partial charge in [0.05, 0.1) is 5.69 Å². The molecule has 0 saturated heterocycles. The van der Waals surface area contributed by atoms with Gasteiger partial charge in [-0.2, -0.15) is 0 Å². The van der Waals surface area contributed by atoms with E-state index in [-0.39, 0.29) is 0 Å². The standard InChI is InChI=1S/C13H11IN2O2/c14-9-2-4-10(5-3-9)18-12-7-8(13(16)17)1-6-11(12)15/h1-7H,15H2,(H2,16,17). The van der Waals surface area contributed by atoms with Gasteiger partial charge in [-0.3, -0.25) is 4.79 Å². The third kappa shape index (κ3) is 2.92. The van der Waals surface area contributed by atoms with Crippen LogP contribution in [0.5, 0.6) is 11.5 Å². The highest BCUT2D eigenvalue weighted by Gasteiger charge is 2.07. The Morgan fingerprint density at radius 1 is 1.11 bits per heavy atom. The van der Waals surface area contributed by atoms with E-state index >= 15 is 0 Å². The first kappa shape index (κ1) is 12.7. The molecule has 18 heavy (non-hydrogen) atoms. The van der Waals surface area contributed by atoms with Crippen LogP contribution in [0.4, 0.5) is 5.69 Å². The van der Waals surface area contributed by atoms with Crippen molar-refractivity contribution in [3.63, 3.8) is 0 Å². The predicted molar refractivity (Wildman–Crippen MR) is 78.6 cm³/mol. The van der Waals surface area contributed by atoms with Crippen LogP contribution in [0.25, 0.3) is 0 Å². The molecule has 0 radical (unpaired) electrons. The maximum absolute atomic E-state index is 11.1. The number of primary amides is 1. The van der Waals surface area contributed by atoms with Crippen molar-refractivity contribution in [1.82, 2.24) is 0 Å². The maximum Gasteiger partial charge on any atom is 0.248 e. The van der Waals surface area contributed by atoms with Crippen LogP contribution in [0.3, 0.4) is 0 Å². The Morgan fingerprint density at radius 2 is 1.78 bits per heavy atom. The van der Waals surface area contributed by atoms with Crippen LogP contribution in [0.15, 0.2) is 42.5 Å². The molecule has 0 aliphatic heterocycles. The number of nitrogen functional groups attached to an aromatic ring is 1. The Labute approximate surface area is 118 Å². The van der Waals surface area contributed by atoms with E-state index in [0.717, 1.165) is 3.57 Å². The van der Waals surface area contributed by atoms with E-state index in [4.69, 9.17) is 16.2 Å². The van der Waals surface area contributed by atoms with Crippen LogP contribution < -0.4 is 16.2 Å². The lowest BCUT2D eigenvalue weighted by atomic mass is 10.2. The predicted octanol–water partition coefficient (Wildman–Crippen LogP) is 2.76. The minimum absolute atomic E-state index is 0.365. The van der Waals surface area contributed by atoms with Crippen LogP contribution in [-0.4, -0.2) is 5.91 Å². The molecule has 0 unspecified atom stereocenters. The van der Waals surface area contributed by atoms with Gasteiger partial charge in [0.15, 0.2) is 5.75 Å². The number of nitrogens with two attached hydrogens (primary N) is 2. The summed E-state index contributed by atoms with van der Waals surface area (Å²) in [7, 11) is 0. The average Bonchev–Trinajstić information content (AvgIpc) is 2.34. The molecule has 2 aromatic carbocycles. The van der Waals surface area contributed by atoms with E-state index in [2.05, 4.69) is 22.6 Å². The Bertz CT molecular complexity index is 582. The molecule has 2 rings (SSSR count). The van der Waals surface area contributed by atoms with Gasteiger partial charge in [0.1, 0.15) is 5.75 Å². The summed E-state index contributed by atoms with van der Waals surface area (Å²) in [6, 6.07) is 12.2. The largest absolute Gasteiger partial charge is 0.455 e. The van der Waals surface area contributed by atoms with E-state index in [1.165, 1.54) is 6.07 Å². The van der Waals surface area contributed by atoms with Crippen molar-refractivity contribution in [2.75, 3.05) is 5.73 Å². The first-order chi connectivity index (χ1) is 8.56. The van der Waals surface area contributed by atoms with Crippen molar-refractivity contribution in [1.29, 1.82) is 0 Å². The second-order valence-corrected chi connectivity index (χ2v) is 4.92. The van der Waals surface area contributed by atoms with Gasteiger partial charge in [0.25, 0.3) is 0 Å². The Balaban J connectivity index is 2.30. The fourth-order valence-electron chi connectivity index (χ4n) is 1.41. The van der Waals surface area contributed by atoms with Gasteiger partial charge in [0.2, 0.25) is 5.91 Å². The van der Waals surface area contributed by atoms with Crippen molar-refractivity contribution in [3.05, 3.63) is 51.6 Å². The van der Waals surface area contributed by atoms with Gasteiger partial charge in [-0.15, -0.1) is 0 Å². The van der Waals surface area contributed by atoms with E-state index < -0.39 is 5.91 Å². The van der Waals surface area contributed by atoms with E-state index in [1.807, 2.05) is 24.3 Å². The molecule has 4 nitrogen and oxygen atoms in total. The number of hydrogen-bond donors (Lipinski definition) is 2. The molecular weight excluding hydrogens is 343 g/mol. The lowest BCUT2D eigenvalue weighted by molar-refractivity contribution is 0.1000. The average molecular weight is 354 g/mol. The Morgan fingerprint density at radius 3 is 2.39 bits per heavy atom. The monoisotopic (exact) mass is 354 g/mol. The molecule has 0 fully saturated rings. The van der Waals surface area contributed by atoms with Crippen molar-refractivity contribution in [2.45, 2.75) is 0 Å². The number of ether oxygens (including phenoxy) is 1. The number of benzene rings is 2. The van der Waals surface area contributed by atoms with E-state index in [0.29, 0.717) is 22.7 Å². The lowest BCUT2D eigenvalue weighted by Crippen LogP contribution is -2.11. The third-order valence-electron chi connectivity index (χ3n) is 2.34. The highest BCUT2D eigenvalue weighted by molar-refractivity contribution is 14.1. The number of halogens is 1. The normalized spacial score (nSPS) is 10.1. The molecule has 0 aromatic heterocycles. The number of anilines is 1. The highest BCUT2D eigenvalue weighted by atomic mass is 127. The van der Waals surface area contributed by atoms with Crippen LogP contribution in [0.2, 0.25) is 0 Å². The second-order valence-electron chi connectivity index (χ2n) is 3.67. The molecule has 0 aliphatic rings. The minimum atomic E-state index is -0.512. The first-order valence-corrected chi connectivity index (χ1v) is 6.27. The molecule has 92 valence electrons. The maximum atomic E-state index is 11.1. The smallest absolute Gasteiger partial charge is 0.248 e. The van der Waals surface area contributed by atoms with Crippen molar-refractivity contribution >= 4 is 34.2 Å². The number of carbonyl (C=O) groups excluding carboxylic acids is 1. The molecule has 4 N–H and O–H groups in total. The highest BCUT2D eigenvalue weighted by Crippen LogP contribution is 2.28. The topological polar surface area (TPSA) is 78.3 Å². The quantitative estimate of drug-likeness (QED) is 0.657. The molecule has 0 spiro atoms. The zero-order valence-electron chi connectivity index (χ0n) is 9.39. The Hall–Kier alpha value is -1.76. The van der Waals surface area contributed by atoms with Gasteiger partial charge in [-0.05, 0) is 65.1 Å². The summed E-state index contributed by atoms with van der Waals surface area (Å²) in [4.78, 5) is 11.1. The molecular formula is C13H11IN2O2. The summed E-state index contributed by atoms with van der Waals surface area (Å²) < 4.78 is 6.73. The fourth-order valence-corrected chi connectivity index (χ4v) is 1.77. The summed E-state index contributed by atoms with van der Waals surface area (Å²) in [5.74, 6) is 0.568. The van der Waals surface area contributed by atoms with Crippen LogP contribution in [0, 0.1) is 3.57 Å². The van der Waals surface area contributed by atoms with Crippen LogP contribution in [-0.2, 0) is 0 Å². The number of carbonyl (C=O) groups is 1. The van der Waals surface area contributed by atoms with Gasteiger partial charge in [-0.25, -0.2) is 0 Å². The molecule has 1 amide bonds. The summed E-state index contributed by atoms with van der Waals surface area (Å²) in [5, 5.41) is 0. The fraction of sp³-hybridized carbons (Fsp3) is 0. The molecule has 5 heteroatoms. The zero-order valence-corrected chi connectivity index (χ0v) is 11.5. The van der Waals surface area contributed by atoms with Crippen LogP contribution in [0.1, 0.15) is 10.4 Å². The SMILES string of the molecule is NC(=O)c1ccc(N)c(Oc2ccc(I)cc2)c1. The van der Waals surface area contributed by atoms with Crippen LogP contribution >= 0.6 is 22.6 Å². The molecule has 0 bridgehead atoms. The summed E-state index contributed by atoms with van der Waals surface area (Å²) in [5.41, 5.74) is 11.8. The van der Waals surface area contributed by atoms with E-state index in [1.54, 1.807) is 12.1 Å². The summed E-state index contributed by atoms with van der Waals surface area (Å²) in [6.07, 6.45) is 0. The van der Waals surface area contributed by atoms with Gasteiger partial charge in [0, 0.05) is 9.13 Å². The van der Waals surface area contributed by atoms with Crippen molar-refractivity contribution in [2.24, 2.45) is 5.73 Å². The molecule has 2 aromatic rings. The second kappa shape index (κ2) is 5.26. The number of rotatable bonds is 3. The first-order valence-electron chi connectivity index (χ1n) is 5.19. The van der Waals surface area contributed by atoms with Gasteiger partial charge >= 0.3 is 0 Å². The summed E-state index contributed by atoms with van der Waals surface area (Å²) >= 11 is 2.21. The van der Waals surface area contributed by atoms with E-state index in [9.17, 15) is 4.79 Å². The molecule has 0 heterocycles. The van der Waals surface area contributed by atoms with Gasteiger partial charge in [-0.1, -0.05) is 0 Å². The van der Waals surface area contributed by atoms with Crippen molar-refractivity contribution < 1.29 is 9.53 Å². The number of hydrogen-bond acceptors (Lipinski definition) is 3. The molecule has 0 atom stereocenters. The number of amides is 1. The molecule has 0 saturated carbocycles. The molecule has 0 aliphatic carbocycles. The summed E-state index contributed by atoms with van der Waals surface area (Å²) in [6.45, 7) is 0. The zero-order chi connectivity index (χ0) is 13.1.